The van der Waals surface area contributed by atoms with Gasteiger partial charge in [-0.1, -0.05) is 12.8 Å². The molecule has 1 aromatic rings. The Balaban J connectivity index is 1.95. The van der Waals surface area contributed by atoms with Crippen LogP contribution < -0.4 is 4.74 Å². The second kappa shape index (κ2) is 6.28. The molecule has 1 saturated carbocycles. The summed E-state index contributed by atoms with van der Waals surface area (Å²) in [4.78, 5) is 12.3. The number of carbonyl (C=O) groups is 1. The summed E-state index contributed by atoms with van der Waals surface area (Å²) in [5, 5.41) is 0.740. The summed E-state index contributed by atoms with van der Waals surface area (Å²) < 4.78 is 5.10. The van der Waals surface area contributed by atoms with Gasteiger partial charge >= 0.3 is 0 Å². The van der Waals surface area contributed by atoms with Crippen molar-refractivity contribution in [2.75, 3.05) is 7.11 Å². The minimum absolute atomic E-state index is 0.0569. The second-order valence-corrected chi connectivity index (χ2v) is 6.42. The molecule has 0 aromatic heterocycles. The summed E-state index contributed by atoms with van der Waals surface area (Å²) in [6.45, 7) is 2.02. The number of methoxy groups -OCH3 is 1. The molecule has 2 rings (SSSR count). The van der Waals surface area contributed by atoms with Crippen molar-refractivity contribution in [2.45, 2.75) is 43.1 Å². The lowest BCUT2D eigenvalue weighted by Gasteiger charge is -2.15. The van der Waals surface area contributed by atoms with Crippen LogP contribution in [0.25, 0.3) is 0 Å². The topological polar surface area (TPSA) is 26.3 Å². The van der Waals surface area contributed by atoms with Crippen LogP contribution in [0.5, 0.6) is 5.75 Å². The number of carbonyl (C=O) groups excluding carboxylic acids is 1. The van der Waals surface area contributed by atoms with Gasteiger partial charge in [0.15, 0.2) is 5.78 Å². The van der Waals surface area contributed by atoms with Crippen LogP contribution in [0.1, 0.15) is 43.0 Å². The average Bonchev–Trinajstić information content (AvgIpc) is 2.91. The van der Waals surface area contributed by atoms with E-state index in [0.717, 1.165) is 11.3 Å². The Hall–Kier alpha value is -0.960. The quantitative estimate of drug-likeness (QED) is 0.753. The van der Waals surface area contributed by atoms with Crippen LogP contribution in [0.15, 0.2) is 24.3 Å². The van der Waals surface area contributed by atoms with Crippen molar-refractivity contribution in [1.29, 1.82) is 0 Å². The Bertz CT molecular complexity index is 393. The predicted molar refractivity (Wildman–Crippen MR) is 76.6 cm³/mol. The molecule has 1 fully saturated rings. The van der Waals surface area contributed by atoms with Crippen molar-refractivity contribution >= 4 is 17.5 Å². The molecule has 0 saturated heterocycles. The maximum absolute atomic E-state index is 12.3. The van der Waals surface area contributed by atoms with Crippen LogP contribution in [0.2, 0.25) is 0 Å². The molecule has 1 atom stereocenters. The highest BCUT2D eigenvalue weighted by Gasteiger charge is 2.23. The Morgan fingerprint density at radius 1 is 1.28 bits per heavy atom. The molecule has 3 heteroatoms. The number of hydrogen-bond acceptors (Lipinski definition) is 3. The fourth-order valence-electron chi connectivity index (χ4n) is 2.36. The first-order valence-corrected chi connectivity index (χ1v) is 7.48. The molecule has 2 nitrogen and oxygen atoms in total. The molecule has 0 aliphatic heterocycles. The number of hydrogen-bond donors (Lipinski definition) is 0. The third kappa shape index (κ3) is 3.29. The molecule has 1 aliphatic carbocycles. The van der Waals surface area contributed by atoms with E-state index in [9.17, 15) is 4.79 Å². The van der Waals surface area contributed by atoms with Gasteiger partial charge in [0.1, 0.15) is 5.75 Å². The summed E-state index contributed by atoms with van der Waals surface area (Å²) >= 11 is 1.84. The van der Waals surface area contributed by atoms with Gasteiger partial charge in [0.2, 0.25) is 0 Å². The third-order valence-corrected chi connectivity index (χ3v) is 4.92. The molecule has 0 radical (unpaired) electrons. The molecule has 1 aromatic carbocycles. The van der Waals surface area contributed by atoms with Gasteiger partial charge in [0.05, 0.1) is 12.4 Å². The first-order valence-electron chi connectivity index (χ1n) is 6.54. The average molecular weight is 264 g/mol. The molecule has 0 unspecified atom stereocenters. The van der Waals surface area contributed by atoms with Gasteiger partial charge in [0.25, 0.3) is 0 Å². The minimum atomic E-state index is 0.0569. The standard InChI is InChI=1S/C15H20O2S/c1-11(18-14-5-3-4-6-14)15(16)12-7-9-13(17-2)10-8-12/h7-11,14H,3-6H2,1-2H3/t11-/m0/s1. The minimum Gasteiger partial charge on any atom is -0.497 e. The summed E-state index contributed by atoms with van der Waals surface area (Å²) in [6.07, 6.45) is 5.18. The van der Waals surface area contributed by atoms with Crippen LogP contribution in [0.4, 0.5) is 0 Å². The zero-order chi connectivity index (χ0) is 13.0. The van der Waals surface area contributed by atoms with Crippen LogP contribution >= 0.6 is 11.8 Å². The summed E-state index contributed by atoms with van der Waals surface area (Å²) in [5.74, 6) is 1.03. The monoisotopic (exact) mass is 264 g/mol. The van der Waals surface area contributed by atoms with Gasteiger partial charge in [-0.15, -0.1) is 11.8 Å². The van der Waals surface area contributed by atoms with Gasteiger partial charge in [-0.2, -0.15) is 0 Å². The summed E-state index contributed by atoms with van der Waals surface area (Å²) in [6, 6.07) is 7.40. The zero-order valence-electron chi connectivity index (χ0n) is 11.0. The van der Waals surface area contributed by atoms with Crippen LogP contribution in [0.3, 0.4) is 0 Å². The Labute approximate surface area is 113 Å². The first-order chi connectivity index (χ1) is 8.70. The Kier molecular flexibility index (Phi) is 4.70. The molecule has 0 amide bonds. The largest absolute Gasteiger partial charge is 0.497 e. The van der Waals surface area contributed by atoms with E-state index in [2.05, 4.69) is 0 Å². The molecule has 0 bridgehead atoms. The fourth-order valence-corrected chi connectivity index (χ4v) is 3.81. The molecule has 0 spiro atoms. The van der Waals surface area contributed by atoms with E-state index in [0.29, 0.717) is 5.25 Å². The van der Waals surface area contributed by atoms with Gasteiger partial charge in [0, 0.05) is 10.8 Å². The summed E-state index contributed by atoms with van der Waals surface area (Å²) in [7, 11) is 1.63. The fraction of sp³-hybridized carbons (Fsp3) is 0.533. The predicted octanol–water partition coefficient (Wildman–Crippen LogP) is 3.94. The smallest absolute Gasteiger partial charge is 0.175 e. The zero-order valence-corrected chi connectivity index (χ0v) is 11.8. The van der Waals surface area contributed by atoms with E-state index in [-0.39, 0.29) is 11.0 Å². The molecule has 0 heterocycles. The number of benzene rings is 1. The van der Waals surface area contributed by atoms with Crippen LogP contribution in [-0.4, -0.2) is 23.4 Å². The van der Waals surface area contributed by atoms with Crippen molar-refractivity contribution in [3.8, 4) is 5.75 Å². The second-order valence-electron chi connectivity index (χ2n) is 4.78. The molecule has 1 aliphatic rings. The number of rotatable bonds is 5. The van der Waals surface area contributed by atoms with E-state index >= 15 is 0 Å². The van der Waals surface area contributed by atoms with Crippen molar-refractivity contribution in [2.24, 2.45) is 0 Å². The lowest BCUT2D eigenvalue weighted by Crippen LogP contribution is -2.16. The Morgan fingerprint density at radius 3 is 2.44 bits per heavy atom. The molecular formula is C15H20O2S. The number of ether oxygens (including phenoxy) is 1. The van der Waals surface area contributed by atoms with Gasteiger partial charge in [-0.25, -0.2) is 0 Å². The molecule has 98 valence electrons. The van der Waals surface area contributed by atoms with Crippen LogP contribution in [0, 0.1) is 0 Å². The van der Waals surface area contributed by atoms with E-state index in [4.69, 9.17) is 4.74 Å². The molecule has 18 heavy (non-hydrogen) atoms. The lowest BCUT2D eigenvalue weighted by atomic mass is 10.1. The maximum atomic E-state index is 12.3. The van der Waals surface area contributed by atoms with Gasteiger partial charge < -0.3 is 4.74 Å². The number of thioether (sulfide) groups is 1. The third-order valence-electron chi connectivity index (χ3n) is 3.44. The van der Waals surface area contributed by atoms with Crippen molar-refractivity contribution in [3.63, 3.8) is 0 Å². The van der Waals surface area contributed by atoms with E-state index in [1.807, 2.05) is 43.0 Å². The highest BCUT2D eigenvalue weighted by molar-refractivity contribution is 8.01. The highest BCUT2D eigenvalue weighted by atomic mass is 32.2. The Morgan fingerprint density at radius 2 is 1.89 bits per heavy atom. The lowest BCUT2D eigenvalue weighted by molar-refractivity contribution is 0.0994. The van der Waals surface area contributed by atoms with E-state index in [1.165, 1.54) is 25.7 Å². The van der Waals surface area contributed by atoms with Crippen LogP contribution in [-0.2, 0) is 0 Å². The van der Waals surface area contributed by atoms with E-state index in [1.54, 1.807) is 7.11 Å². The normalized spacial score (nSPS) is 17.7. The van der Waals surface area contributed by atoms with Crippen molar-refractivity contribution in [3.05, 3.63) is 29.8 Å². The van der Waals surface area contributed by atoms with Crippen molar-refractivity contribution in [1.82, 2.24) is 0 Å². The number of ketones is 1. The van der Waals surface area contributed by atoms with Gasteiger partial charge in [-0.3, -0.25) is 4.79 Å². The van der Waals surface area contributed by atoms with E-state index < -0.39 is 0 Å². The maximum Gasteiger partial charge on any atom is 0.175 e. The SMILES string of the molecule is COc1ccc(C(=O)[C@H](C)SC2CCCC2)cc1. The molecule has 0 N–H and O–H groups in total. The van der Waals surface area contributed by atoms with Gasteiger partial charge in [-0.05, 0) is 44.0 Å². The first kappa shape index (κ1) is 13.5. The molecular weight excluding hydrogens is 244 g/mol. The van der Waals surface area contributed by atoms with Crippen molar-refractivity contribution < 1.29 is 9.53 Å². The number of Topliss-reactive ketones (excluding diaryl/α,β-unsaturated/α-hetero) is 1. The highest BCUT2D eigenvalue weighted by Crippen LogP contribution is 2.33. The summed E-state index contributed by atoms with van der Waals surface area (Å²) in [5.41, 5.74) is 0.786.